The lowest BCUT2D eigenvalue weighted by molar-refractivity contribution is -0.0493. The third kappa shape index (κ3) is 4.47. The first-order chi connectivity index (χ1) is 14.1. The molecule has 3 aliphatic rings. The molecular formula is C23H33F2N3O2. The quantitative estimate of drug-likeness (QED) is 0.749. The lowest BCUT2D eigenvalue weighted by Gasteiger charge is -2.39. The maximum absolute atomic E-state index is 13.5. The van der Waals surface area contributed by atoms with Crippen molar-refractivity contribution in [2.75, 3.05) is 39.4 Å². The molecule has 3 aliphatic heterocycles. The summed E-state index contributed by atoms with van der Waals surface area (Å²) in [5.74, 6) is -2.64. The lowest BCUT2D eigenvalue weighted by atomic mass is 9.80. The number of nitrogens with one attached hydrogen (secondary N) is 1. The van der Waals surface area contributed by atoms with Gasteiger partial charge in [-0.25, -0.2) is 13.6 Å². The van der Waals surface area contributed by atoms with Gasteiger partial charge in [0.05, 0.1) is 19.3 Å². The molecule has 1 N–H and O–H groups in total. The van der Waals surface area contributed by atoms with Crippen LogP contribution in [0.5, 0.6) is 0 Å². The maximum atomic E-state index is 13.5. The van der Waals surface area contributed by atoms with Crippen LogP contribution in [0.25, 0.3) is 0 Å². The average molecular weight is 422 g/mol. The molecule has 0 aromatic heterocycles. The fourth-order valence-electron chi connectivity index (χ4n) is 4.60. The minimum Gasteiger partial charge on any atom is -0.378 e. The number of halogens is 2. The second-order valence-electron chi connectivity index (χ2n) is 9.83. The number of morpholine rings is 1. The molecule has 1 atom stereocenters. The smallest absolute Gasteiger partial charge is 0.320 e. The van der Waals surface area contributed by atoms with Gasteiger partial charge >= 0.3 is 6.03 Å². The van der Waals surface area contributed by atoms with E-state index < -0.39 is 5.92 Å². The lowest BCUT2D eigenvalue weighted by Crippen LogP contribution is -2.50. The van der Waals surface area contributed by atoms with E-state index in [0.717, 1.165) is 13.0 Å². The number of likely N-dealkylation sites (tertiary alicyclic amines) is 1. The van der Waals surface area contributed by atoms with E-state index in [9.17, 15) is 13.6 Å². The first kappa shape index (κ1) is 21.5. The number of fused-ring (bicyclic) bond motifs is 1. The second kappa shape index (κ2) is 8.08. The predicted octanol–water partition coefficient (Wildman–Crippen LogP) is 3.85. The molecule has 0 spiro atoms. The number of alkyl halides is 2. The van der Waals surface area contributed by atoms with E-state index in [1.165, 1.54) is 22.3 Å². The van der Waals surface area contributed by atoms with Crippen molar-refractivity contribution in [3.05, 3.63) is 34.4 Å². The standard InChI is InChI=1S/C23H33F2N3O2/c1-22(2,3)17-12-16-4-8-28(21(29)27-9-5-23(24,25)6-10-27)14-19(16)18(13-17)20-15-30-11-7-26-20/h12-13,20,26H,4-11,14-15H2,1-3H3/t20-/m0/s1. The van der Waals surface area contributed by atoms with Gasteiger partial charge in [0, 0.05) is 45.6 Å². The zero-order valence-corrected chi connectivity index (χ0v) is 18.3. The molecular weight excluding hydrogens is 388 g/mol. The highest BCUT2D eigenvalue weighted by Crippen LogP contribution is 2.35. The Labute approximate surface area is 177 Å². The first-order valence-corrected chi connectivity index (χ1v) is 11.0. The van der Waals surface area contributed by atoms with Gasteiger partial charge in [-0.3, -0.25) is 0 Å². The summed E-state index contributed by atoms with van der Waals surface area (Å²) >= 11 is 0. The number of nitrogens with zero attached hydrogens (tertiary/aromatic N) is 2. The van der Waals surface area contributed by atoms with Crippen molar-refractivity contribution in [3.63, 3.8) is 0 Å². The SMILES string of the molecule is CC(C)(C)c1cc2c(c([C@@H]3COCCN3)c1)CN(C(=O)N1CCC(F)(F)CC1)CC2. The van der Waals surface area contributed by atoms with E-state index in [1.54, 1.807) is 4.90 Å². The molecule has 30 heavy (non-hydrogen) atoms. The summed E-state index contributed by atoms with van der Waals surface area (Å²) in [6.07, 6.45) is 0.301. The predicted molar refractivity (Wildman–Crippen MR) is 112 cm³/mol. The molecule has 2 fully saturated rings. The average Bonchev–Trinajstić information content (AvgIpc) is 2.72. The molecule has 7 heteroatoms. The van der Waals surface area contributed by atoms with Crippen molar-refractivity contribution in [1.29, 1.82) is 0 Å². The normalized spacial score (nSPS) is 24.5. The van der Waals surface area contributed by atoms with Crippen molar-refractivity contribution in [2.24, 2.45) is 0 Å². The summed E-state index contributed by atoms with van der Waals surface area (Å²) in [6.45, 7) is 10.2. The summed E-state index contributed by atoms with van der Waals surface area (Å²) < 4.78 is 32.7. The van der Waals surface area contributed by atoms with E-state index in [2.05, 4.69) is 38.2 Å². The largest absolute Gasteiger partial charge is 0.378 e. The number of piperidine rings is 1. The number of ether oxygens (including phenoxy) is 1. The Morgan fingerprint density at radius 2 is 1.90 bits per heavy atom. The van der Waals surface area contributed by atoms with Crippen LogP contribution in [0, 0.1) is 0 Å². The number of amides is 2. The summed E-state index contributed by atoms with van der Waals surface area (Å²) in [5, 5.41) is 3.56. The Hall–Kier alpha value is -1.73. The zero-order valence-electron chi connectivity index (χ0n) is 18.3. The zero-order chi connectivity index (χ0) is 21.5. The highest BCUT2D eigenvalue weighted by molar-refractivity contribution is 5.75. The third-order valence-corrected chi connectivity index (χ3v) is 6.58. The topological polar surface area (TPSA) is 44.8 Å². The van der Waals surface area contributed by atoms with Gasteiger partial charge in [-0.15, -0.1) is 0 Å². The number of carbonyl (C=O) groups excluding carboxylic acids is 1. The minimum atomic E-state index is -2.64. The molecule has 0 saturated carbocycles. The van der Waals surface area contributed by atoms with Crippen LogP contribution in [0.2, 0.25) is 0 Å². The van der Waals surface area contributed by atoms with Gasteiger partial charge < -0.3 is 19.9 Å². The third-order valence-electron chi connectivity index (χ3n) is 6.58. The maximum Gasteiger partial charge on any atom is 0.320 e. The summed E-state index contributed by atoms with van der Waals surface area (Å²) in [5.41, 5.74) is 5.01. The second-order valence-corrected chi connectivity index (χ2v) is 9.83. The molecule has 166 valence electrons. The number of urea groups is 1. The number of carbonyl (C=O) groups is 1. The monoisotopic (exact) mass is 421 g/mol. The summed E-state index contributed by atoms with van der Waals surface area (Å²) in [4.78, 5) is 16.5. The number of rotatable bonds is 1. The Morgan fingerprint density at radius 1 is 1.17 bits per heavy atom. The van der Waals surface area contributed by atoms with Crippen LogP contribution in [0.15, 0.2) is 12.1 Å². The van der Waals surface area contributed by atoms with Crippen LogP contribution >= 0.6 is 0 Å². The Morgan fingerprint density at radius 3 is 2.53 bits per heavy atom. The van der Waals surface area contributed by atoms with Gasteiger partial charge in [0.15, 0.2) is 0 Å². The molecule has 4 rings (SSSR count). The molecule has 0 radical (unpaired) electrons. The van der Waals surface area contributed by atoms with E-state index in [0.29, 0.717) is 26.3 Å². The van der Waals surface area contributed by atoms with E-state index in [1.807, 2.05) is 4.90 Å². The van der Waals surface area contributed by atoms with Crippen molar-refractivity contribution in [1.82, 2.24) is 15.1 Å². The minimum absolute atomic E-state index is 0.0330. The fourth-order valence-corrected chi connectivity index (χ4v) is 4.60. The number of hydrogen-bond donors (Lipinski definition) is 1. The number of benzene rings is 1. The molecule has 2 amide bonds. The van der Waals surface area contributed by atoms with E-state index in [-0.39, 0.29) is 43.4 Å². The molecule has 0 aliphatic carbocycles. The molecule has 5 nitrogen and oxygen atoms in total. The number of hydrogen-bond acceptors (Lipinski definition) is 3. The van der Waals surface area contributed by atoms with Gasteiger partial charge in [-0.2, -0.15) is 0 Å². The summed E-state index contributed by atoms with van der Waals surface area (Å²) in [7, 11) is 0. The van der Waals surface area contributed by atoms with Crippen molar-refractivity contribution < 1.29 is 18.3 Å². The fraction of sp³-hybridized carbons (Fsp3) is 0.696. The van der Waals surface area contributed by atoms with E-state index in [4.69, 9.17) is 4.74 Å². The van der Waals surface area contributed by atoms with E-state index >= 15 is 0 Å². The highest BCUT2D eigenvalue weighted by atomic mass is 19.3. The molecule has 0 unspecified atom stereocenters. The van der Waals surface area contributed by atoms with Gasteiger partial charge in [0.25, 0.3) is 5.92 Å². The van der Waals surface area contributed by atoms with Crippen LogP contribution in [-0.2, 0) is 23.1 Å². The van der Waals surface area contributed by atoms with Gasteiger partial charge in [0.1, 0.15) is 0 Å². The first-order valence-electron chi connectivity index (χ1n) is 11.0. The summed E-state index contributed by atoms with van der Waals surface area (Å²) in [6, 6.07) is 4.54. The van der Waals surface area contributed by atoms with Crippen LogP contribution in [0.3, 0.4) is 0 Å². The van der Waals surface area contributed by atoms with Crippen molar-refractivity contribution in [2.45, 2.75) is 64.0 Å². The van der Waals surface area contributed by atoms with Crippen LogP contribution in [0.1, 0.15) is 61.9 Å². The van der Waals surface area contributed by atoms with Gasteiger partial charge in [0.2, 0.25) is 0 Å². The molecule has 2 saturated heterocycles. The van der Waals surface area contributed by atoms with Crippen LogP contribution in [0.4, 0.5) is 13.6 Å². The van der Waals surface area contributed by atoms with Crippen molar-refractivity contribution in [3.8, 4) is 0 Å². The van der Waals surface area contributed by atoms with Crippen LogP contribution in [-0.4, -0.2) is 61.1 Å². The molecule has 0 bridgehead atoms. The molecule has 1 aromatic rings. The molecule has 3 heterocycles. The van der Waals surface area contributed by atoms with Crippen molar-refractivity contribution >= 4 is 6.03 Å². The Bertz CT molecular complexity index is 790. The molecule has 1 aromatic carbocycles. The van der Waals surface area contributed by atoms with Crippen LogP contribution < -0.4 is 5.32 Å². The highest BCUT2D eigenvalue weighted by Gasteiger charge is 2.38. The Kier molecular flexibility index (Phi) is 5.79. The Balaban J connectivity index is 1.59. The van der Waals surface area contributed by atoms with Gasteiger partial charge in [-0.05, 0) is 34.1 Å². The van der Waals surface area contributed by atoms with Gasteiger partial charge in [-0.1, -0.05) is 32.9 Å².